The van der Waals surface area contributed by atoms with Crippen LogP contribution in [0.3, 0.4) is 0 Å². The SMILES string of the molecule is O=c1[nH]cc(Cc2cccc(F)c2)c(OS(=O)(=O)C(F)(F)F)c1Br. The Morgan fingerprint density at radius 3 is 2.50 bits per heavy atom. The van der Waals surface area contributed by atoms with Crippen molar-refractivity contribution in [3.05, 3.63) is 62.2 Å². The summed E-state index contributed by atoms with van der Waals surface area (Å²) < 4.78 is 76.7. The second-order valence-electron chi connectivity index (χ2n) is 4.58. The van der Waals surface area contributed by atoms with Crippen molar-refractivity contribution in [3.8, 4) is 5.75 Å². The summed E-state index contributed by atoms with van der Waals surface area (Å²) in [7, 11) is -5.97. The standard InChI is InChI=1S/C13H8BrF4NO4S/c14-10-11(23-24(21,22)13(16,17)18)8(6-19-12(10)20)4-7-2-1-3-9(15)5-7/h1-3,5-6H,4H2,(H,19,20). The minimum Gasteiger partial charge on any atom is -0.374 e. The largest absolute Gasteiger partial charge is 0.534 e. The van der Waals surface area contributed by atoms with E-state index in [1.807, 2.05) is 0 Å². The molecule has 0 aliphatic carbocycles. The lowest BCUT2D eigenvalue weighted by atomic mass is 10.1. The highest BCUT2D eigenvalue weighted by molar-refractivity contribution is 9.10. The Morgan fingerprint density at radius 2 is 1.92 bits per heavy atom. The van der Waals surface area contributed by atoms with Gasteiger partial charge in [-0.25, -0.2) is 4.39 Å². The Hall–Kier alpha value is -1.88. The minimum atomic E-state index is -5.97. The lowest BCUT2D eigenvalue weighted by Gasteiger charge is -2.14. The summed E-state index contributed by atoms with van der Waals surface area (Å²) in [6.07, 6.45) is 0.828. The van der Waals surface area contributed by atoms with Crippen molar-refractivity contribution in [2.75, 3.05) is 0 Å². The van der Waals surface area contributed by atoms with Crippen molar-refractivity contribution >= 4 is 26.0 Å². The monoisotopic (exact) mass is 429 g/mol. The smallest absolute Gasteiger partial charge is 0.374 e. The Bertz CT molecular complexity index is 924. The van der Waals surface area contributed by atoms with Gasteiger partial charge >= 0.3 is 15.6 Å². The Kier molecular flexibility index (Phi) is 5.04. The number of halogens is 5. The molecule has 0 aliphatic rings. The molecule has 0 unspecified atom stereocenters. The van der Waals surface area contributed by atoms with Gasteiger partial charge in [-0.1, -0.05) is 12.1 Å². The summed E-state index contributed by atoms with van der Waals surface area (Å²) in [5.41, 5.74) is -6.29. The van der Waals surface area contributed by atoms with Crippen LogP contribution in [0.4, 0.5) is 17.6 Å². The number of aromatic amines is 1. The lowest BCUT2D eigenvalue weighted by Crippen LogP contribution is -2.29. The van der Waals surface area contributed by atoms with E-state index < -0.39 is 37.2 Å². The first-order valence-corrected chi connectivity index (χ1v) is 8.36. The molecule has 0 radical (unpaired) electrons. The van der Waals surface area contributed by atoms with Crippen LogP contribution in [0.2, 0.25) is 0 Å². The Morgan fingerprint density at radius 1 is 1.25 bits per heavy atom. The van der Waals surface area contributed by atoms with Crippen molar-refractivity contribution in [2.45, 2.75) is 11.9 Å². The third-order valence-electron chi connectivity index (χ3n) is 2.83. The zero-order chi connectivity index (χ0) is 18.1. The van der Waals surface area contributed by atoms with Crippen molar-refractivity contribution in [2.24, 2.45) is 0 Å². The highest BCUT2D eigenvalue weighted by atomic mass is 79.9. The van der Waals surface area contributed by atoms with Crippen LogP contribution in [0.5, 0.6) is 5.75 Å². The molecule has 2 aromatic rings. The van der Waals surface area contributed by atoms with E-state index >= 15 is 0 Å². The van der Waals surface area contributed by atoms with Gasteiger partial charge in [0.05, 0.1) is 0 Å². The molecule has 0 amide bonds. The second-order valence-corrected chi connectivity index (χ2v) is 6.91. The molecule has 5 nitrogen and oxygen atoms in total. The molecule has 130 valence electrons. The van der Waals surface area contributed by atoms with Crippen LogP contribution in [-0.4, -0.2) is 18.9 Å². The van der Waals surface area contributed by atoms with E-state index in [9.17, 15) is 30.8 Å². The van der Waals surface area contributed by atoms with Crippen LogP contribution in [0.15, 0.2) is 39.7 Å². The Labute approximate surface area is 141 Å². The number of nitrogens with one attached hydrogen (secondary N) is 1. The van der Waals surface area contributed by atoms with E-state index in [2.05, 4.69) is 25.1 Å². The first-order chi connectivity index (χ1) is 11.0. The maximum Gasteiger partial charge on any atom is 0.534 e. The molecular formula is C13H8BrF4NO4S. The fraction of sp³-hybridized carbons (Fsp3) is 0.154. The van der Waals surface area contributed by atoms with E-state index in [-0.39, 0.29) is 12.0 Å². The normalized spacial score (nSPS) is 12.2. The lowest BCUT2D eigenvalue weighted by molar-refractivity contribution is -0.0500. The number of pyridine rings is 1. The molecule has 1 heterocycles. The molecule has 0 spiro atoms. The topological polar surface area (TPSA) is 76.2 Å². The van der Waals surface area contributed by atoms with Gasteiger partial charge in [0, 0.05) is 18.2 Å². The first kappa shape index (κ1) is 18.5. The number of alkyl halides is 3. The highest BCUT2D eigenvalue weighted by Crippen LogP contribution is 2.33. The van der Waals surface area contributed by atoms with Crippen LogP contribution in [0.25, 0.3) is 0 Å². The summed E-state index contributed by atoms with van der Waals surface area (Å²) in [5, 5.41) is 0. The van der Waals surface area contributed by atoms with Gasteiger partial charge in [-0.2, -0.15) is 21.6 Å². The summed E-state index contributed by atoms with van der Waals surface area (Å²) >= 11 is 2.70. The van der Waals surface area contributed by atoms with E-state index in [1.165, 1.54) is 12.1 Å². The number of H-pyrrole nitrogens is 1. The molecule has 0 aliphatic heterocycles. The number of hydrogen-bond acceptors (Lipinski definition) is 4. The molecule has 1 N–H and O–H groups in total. The van der Waals surface area contributed by atoms with Gasteiger partial charge in [0.1, 0.15) is 10.3 Å². The van der Waals surface area contributed by atoms with Gasteiger partial charge in [0.2, 0.25) is 0 Å². The molecule has 1 aromatic heterocycles. The maximum absolute atomic E-state index is 13.2. The molecule has 0 atom stereocenters. The number of aromatic nitrogens is 1. The second kappa shape index (κ2) is 6.55. The van der Waals surface area contributed by atoms with E-state index in [4.69, 9.17) is 0 Å². The van der Waals surface area contributed by atoms with Gasteiger partial charge in [-0.3, -0.25) is 4.79 Å². The van der Waals surface area contributed by atoms with Gasteiger partial charge < -0.3 is 9.17 Å². The summed E-state index contributed by atoms with van der Waals surface area (Å²) in [5.74, 6) is -1.39. The summed E-state index contributed by atoms with van der Waals surface area (Å²) in [6.45, 7) is 0. The molecular weight excluding hydrogens is 422 g/mol. The number of rotatable bonds is 4. The molecule has 11 heteroatoms. The maximum atomic E-state index is 13.2. The van der Waals surface area contributed by atoms with Crippen molar-refractivity contribution < 1.29 is 30.2 Å². The molecule has 2 rings (SSSR count). The molecule has 0 bridgehead atoms. The van der Waals surface area contributed by atoms with Gasteiger partial charge in [0.15, 0.2) is 5.75 Å². The summed E-state index contributed by atoms with van der Waals surface area (Å²) in [6, 6.07) is 5.13. The molecule has 24 heavy (non-hydrogen) atoms. The Balaban J connectivity index is 2.50. The van der Waals surface area contributed by atoms with E-state index in [1.54, 1.807) is 0 Å². The minimum absolute atomic E-state index is 0.0834. The fourth-order valence-electron chi connectivity index (χ4n) is 1.77. The average molecular weight is 430 g/mol. The predicted octanol–water partition coefficient (Wildman–Crippen LogP) is 3.10. The first-order valence-electron chi connectivity index (χ1n) is 6.16. The van der Waals surface area contributed by atoms with Crippen molar-refractivity contribution in [3.63, 3.8) is 0 Å². The van der Waals surface area contributed by atoms with E-state index in [0.717, 1.165) is 18.3 Å². The quantitative estimate of drug-likeness (QED) is 0.460. The van der Waals surface area contributed by atoms with Gasteiger partial charge in [-0.15, -0.1) is 0 Å². The van der Waals surface area contributed by atoms with Gasteiger partial charge in [0.25, 0.3) is 5.56 Å². The fourth-order valence-corrected chi connectivity index (χ4v) is 2.83. The predicted molar refractivity (Wildman–Crippen MR) is 79.6 cm³/mol. The van der Waals surface area contributed by atoms with Crippen LogP contribution in [-0.2, 0) is 16.5 Å². The van der Waals surface area contributed by atoms with Crippen LogP contribution >= 0.6 is 15.9 Å². The average Bonchev–Trinajstić information content (AvgIpc) is 2.45. The van der Waals surface area contributed by atoms with Crippen molar-refractivity contribution in [1.29, 1.82) is 0 Å². The number of hydrogen-bond donors (Lipinski definition) is 1. The summed E-state index contributed by atoms with van der Waals surface area (Å²) in [4.78, 5) is 13.7. The number of benzene rings is 1. The van der Waals surface area contributed by atoms with Crippen LogP contribution < -0.4 is 9.74 Å². The third kappa shape index (κ3) is 3.96. The molecule has 0 saturated heterocycles. The molecule has 0 fully saturated rings. The van der Waals surface area contributed by atoms with Crippen LogP contribution in [0, 0.1) is 5.82 Å². The van der Waals surface area contributed by atoms with Crippen LogP contribution in [0.1, 0.15) is 11.1 Å². The molecule has 1 aromatic carbocycles. The third-order valence-corrected chi connectivity index (χ3v) is 4.50. The van der Waals surface area contributed by atoms with E-state index in [0.29, 0.717) is 5.56 Å². The zero-order valence-electron chi connectivity index (χ0n) is 11.5. The van der Waals surface area contributed by atoms with Gasteiger partial charge in [-0.05, 0) is 33.6 Å². The highest BCUT2D eigenvalue weighted by Gasteiger charge is 2.49. The van der Waals surface area contributed by atoms with Crippen molar-refractivity contribution in [1.82, 2.24) is 4.98 Å². The molecule has 0 saturated carbocycles. The zero-order valence-corrected chi connectivity index (χ0v) is 13.9.